The van der Waals surface area contributed by atoms with Crippen molar-refractivity contribution < 1.29 is 4.74 Å². The number of nitrogens with zero attached hydrogens (tertiary/aromatic N) is 1. The maximum absolute atomic E-state index is 12.2. The second-order valence-electron chi connectivity index (χ2n) is 4.72. The highest BCUT2D eigenvalue weighted by Gasteiger charge is 2.24. The van der Waals surface area contributed by atoms with Crippen molar-refractivity contribution in [3.05, 3.63) is 32.7 Å². The van der Waals surface area contributed by atoms with E-state index in [-0.39, 0.29) is 17.7 Å². The predicted molar refractivity (Wildman–Crippen MR) is 76.3 cm³/mol. The maximum atomic E-state index is 12.2. The number of methoxy groups -OCH3 is 1. The molecule has 0 amide bonds. The van der Waals surface area contributed by atoms with E-state index in [4.69, 9.17) is 16.3 Å². The van der Waals surface area contributed by atoms with Gasteiger partial charge in [0.25, 0.3) is 5.56 Å². The summed E-state index contributed by atoms with van der Waals surface area (Å²) in [7, 11) is 1.74. The molecule has 1 aliphatic rings. The standard InChI is InChI=1S/C13H17BrClNO2/c1-18-11-4-2-3-10(6-11)16-8-9(7-15)5-12(14)13(16)17/h5,8,10-11H,2-4,6-7H2,1H3/t10-,11-/m1/s1. The van der Waals surface area contributed by atoms with E-state index in [1.807, 2.05) is 10.8 Å². The Morgan fingerprint density at radius 3 is 3.00 bits per heavy atom. The summed E-state index contributed by atoms with van der Waals surface area (Å²) in [6, 6.07) is 2.01. The molecule has 1 aliphatic carbocycles. The Kier molecular flexibility index (Phi) is 4.87. The second-order valence-corrected chi connectivity index (χ2v) is 5.84. The van der Waals surface area contributed by atoms with Gasteiger partial charge in [0.1, 0.15) is 0 Å². The van der Waals surface area contributed by atoms with Gasteiger partial charge in [0.15, 0.2) is 0 Å². The molecule has 2 rings (SSSR count). The van der Waals surface area contributed by atoms with Crippen molar-refractivity contribution >= 4 is 27.5 Å². The summed E-state index contributed by atoms with van der Waals surface area (Å²) in [6.07, 6.45) is 6.24. The quantitative estimate of drug-likeness (QED) is 0.793. The van der Waals surface area contributed by atoms with Crippen LogP contribution in [0.5, 0.6) is 0 Å². The summed E-state index contributed by atoms with van der Waals surface area (Å²) in [4.78, 5) is 12.2. The maximum Gasteiger partial charge on any atom is 0.265 e. The summed E-state index contributed by atoms with van der Waals surface area (Å²) in [6.45, 7) is 0. The fourth-order valence-electron chi connectivity index (χ4n) is 2.55. The summed E-state index contributed by atoms with van der Waals surface area (Å²) in [5.74, 6) is 0.416. The van der Waals surface area contributed by atoms with Crippen molar-refractivity contribution in [3.8, 4) is 0 Å². The van der Waals surface area contributed by atoms with Crippen molar-refractivity contribution in [3.63, 3.8) is 0 Å². The number of pyridine rings is 1. The van der Waals surface area contributed by atoms with Crippen LogP contribution in [0.2, 0.25) is 0 Å². The van der Waals surface area contributed by atoms with Crippen molar-refractivity contribution in [2.75, 3.05) is 7.11 Å². The highest BCUT2D eigenvalue weighted by atomic mass is 79.9. The Hall–Kier alpha value is -0.320. The molecule has 1 fully saturated rings. The molecule has 0 radical (unpaired) electrons. The minimum absolute atomic E-state index is 0.0191. The largest absolute Gasteiger partial charge is 0.381 e. The molecule has 0 saturated heterocycles. The van der Waals surface area contributed by atoms with Crippen LogP contribution in [0.15, 0.2) is 21.5 Å². The third-order valence-corrected chi connectivity index (χ3v) is 4.41. The van der Waals surface area contributed by atoms with Crippen molar-refractivity contribution in [1.82, 2.24) is 4.57 Å². The lowest BCUT2D eigenvalue weighted by atomic mass is 9.92. The van der Waals surface area contributed by atoms with E-state index in [0.29, 0.717) is 10.4 Å². The molecule has 100 valence electrons. The fourth-order valence-corrected chi connectivity index (χ4v) is 3.20. The number of ether oxygens (including phenoxy) is 1. The minimum Gasteiger partial charge on any atom is -0.381 e. The SMILES string of the molecule is CO[C@@H]1CCC[C@@H](n2cc(CCl)cc(Br)c2=O)C1. The number of alkyl halides is 1. The van der Waals surface area contributed by atoms with Gasteiger partial charge in [-0.15, -0.1) is 11.6 Å². The van der Waals surface area contributed by atoms with E-state index < -0.39 is 0 Å². The van der Waals surface area contributed by atoms with Crippen LogP contribution in [-0.4, -0.2) is 17.8 Å². The molecule has 0 unspecified atom stereocenters. The zero-order valence-electron chi connectivity index (χ0n) is 10.4. The molecule has 0 spiro atoms. The van der Waals surface area contributed by atoms with Gasteiger partial charge in [-0.2, -0.15) is 0 Å². The number of halogens is 2. The minimum atomic E-state index is 0.0191. The zero-order chi connectivity index (χ0) is 13.1. The smallest absolute Gasteiger partial charge is 0.265 e. The van der Waals surface area contributed by atoms with Gasteiger partial charge in [0, 0.05) is 25.2 Å². The van der Waals surface area contributed by atoms with E-state index in [0.717, 1.165) is 31.2 Å². The number of rotatable bonds is 3. The lowest BCUT2D eigenvalue weighted by molar-refractivity contribution is 0.0523. The molecule has 3 nitrogen and oxygen atoms in total. The van der Waals surface area contributed by atoms with Crippen LogP contribution in [0.25, 0.3) is 0 Å². The normalized spacial score (nSPS) is 24.2. The predicted octanol–water partition coefficient (Wildman–Crippen LogP) is 3.48. The van der Waals surface area contributed by atoms with E-state index >= 15 is 0 Å². The average molecular weight is 335 g/mol. The van der Waals surface area contributed by atoms with Gasteiger partial charge in [-0.1, -0.05) is 0 Å². The Balaban J connectivity index is 2.32. The van der Waals surface area contributed by atoms with Crippen LogP contribution >= 0.6 is 27.5 Å². The molecule has 1 aromatic rings. The van der Waals surface area contributed by atoms with Gasteiger partial charge >= 0.3 is 0 Å². The zero-order valence-corrected chi connectivity index (χ0v) is 12.7. The Morgan fingerprint density at radius 1 is 1.56 bits per heavy atom. The van der Waals surface area contributed by atoms with E-state index in [9.17, 15) is 4.79 Å². The molecule has 1 aromatic heterocycles. The summed E-state index contributed by atoms with van der Waals surface area (Å²) in [5.41, 5.74) is 0.980. The van der Waals surface area contributed by atoms with Gasteiger partial charge in [0.2, 0.25) is 0 Å². The first kappa shape index (κ1) is 14.1. The first-order valence-electron chi connectivity index (χ1n) is 6.15. The monoisotopic (exact) mass is 333 g/mol. The molecular weight excluding hydrogens is 318 g/mol. The summed E-state index contributed by atoms with van der Waals surface area (Å²) < 4.78 is 7.81. The Morgan fingerprint density at radius 2 is 2.33 bits per heavy atom. The average Bonchev–Trinajstić information content (AvgIpc) is 2.41. The van der Waals surface area contributed by atoms with Crippen LogP contribution < -0.4 is 5.56 Å². The summed E-state index contributed by atoms with van der Waals surface area (Å²) in [5, 5.41) is 0. The van der Waals surface area contributed by atoms with Gasteiger partial charge in [-0.05, 0) is 53.2 Å². The van der Waals surface area contributed by atoms with Crippen LogP contribution in [0.1, 0.15) is 37.3 Å². The molecule has 0 aromatic carbocycles. The van der Waals surface area contributed by atoms with E-state index in [1.54, 1.807) is 13.2 Å². The van der Waals surface area contributed by atoms with Crippen molar-refractivity contribution in [1.29, 1.82) is 0 Å². The van der Waals surface area contributed by atoms with Gasteiger partial charge in [-0.3, -0.25) is 4.79 Å². The van der Waals surface area contributed by atoms with E-state index in [1.165, 1.54) is 0 Å². The molecule has 2 atom stereocenters. The van der Waals surface area contributed by atoms with E-state index in [2.05, 4.69) is 15.9 Å². The highest BCUT2D eigenvalue weighted by molar-refractivity contribution is 9.10. The fraction of sp³-hybridized carbons (Fsp3) is 0.615. The van der Waals surface area contributed by atoms with Crippen molar-refractivity contribution in [2.24, 2.45) is 0 Å². The van der Waals surface area contributed by atoms with Crippen LogP contribution in [-0.2, 0) is 10.6 Å². The highest BCUT2D eigenvalue weighted by Crippen LogP contribution is 2.29. The van der Waals surface area contributed by atoms with Crippen LogP contribution in [0.3, 0.4) is 0 Å². The van der Waals surface area contributed by atoms with Gasteiger partial charge in [0.05, 0.1) is 10.6 Å². The Bertz CT molecular complexity index is 475. The van der Waals surface area contributed by atoms with Crippen LogP contribution in [0, 0.1) is 0 Å². The second kappa shape index (κ2) is 6.22. The van der Waals surface area contributed by atoms with Crippen molar-refractivity contribution in [2.45, 2.75) is 43.7 Å². The molecule has 1 heterocycles. The topological polar surface area (TPSA) is 31.2 Å². The van der Waals surface area contributed by atoms with Gasteiger partial charge in [-0.25, -0.2) is 0 Å². The molecule has 0 bridgehead atoms. The van der Waals surface area contributed by atoms with Gasteiger partial charge < -0.3 is 9.30 Å². The van der Waals surface area contributed by atoms with Crippen LogP contribution in [0.4, 0.5) is 0 Å². The molecule has 1 saturated carbocycles. The molecule has 0 N–H and O–H groups in total. The first-order chi connectivity index (χ1) is 8.65. The Labute approximate surface area is 120 Å². The summed E-state index contributed by atoms with van der Waals surface area (Å²) >= 11 is 9.17. The first-order valence-corrected chi connectivity index (χ1v) is 7.47. The molecule has 18 heavy (non-hydrogen) atoms. The molecule has 0 aliphatic heterocycles. The third-order valence-electron chi connectivity index (χ3n) is 3.54. The lowest BCUT2D eigenvalue weighted by Gasteiger charge is -2.30. The molecule has 5 heteroatoms. The third kappa shape index (κ3) is 2.98. The lowest BCUT2D eigenvalue weighted by Crippen LogP contribution is -2.31. The number of aromatic nitrogens is 1. The number of hydrogen-bond acceptors (Lipinski definition) is 2. The molecular formula is C13H17BrClNO2. The number of hydrogen-bond donors (Lipinski definition) is 0.